The quantitative estimate of drug-likeness (QED) is 0.114. The molecular weight excluding hydrogens is 777 g/mol. The number of fused-ring (bicyclic) bond motifs is 2. The van der Waals surface area contributed by atoms with E-state index in [0.717, 1.165) is 46.4 Å². The van der Waals surface area contributed by atoms with Crippen molar-refractivity contribution in [1.29, 1.82) is 0 Å². The van der Waals surface area contributed by atoms with Gasteiger partial charge in [0, 0.05) is 76.9 Å². The average molecular weight is 823 g/mol. The van der Waals surface area contributed by atoms with E-state index in [4.69, 9.17) is 14.2 Å². The Morgan fingerprint density at radius 3 is 2.38 bits per heavy atom. The van der Waals surface area contributed by atoms with Gasteiger partial charge in [0.05, 0.1) is 42.5 Å². The van der Waals surface area contributed by atoms with E-state index >= 15 is 0 Å². The number of nitrogens with zero attached hydrogens (tertiary/aromatic N) is 6. The summed E-state index contributed by atoms with van der Waals surface area (Å²) in [6, 6.07) is 8.86. The third-order valence-corrected chi connectivity index (χ3v) is 11.2. The first kappa shape index (κ1) is 41.5. The minimum absolute atomic E-state index is 0.0172. The topological polar surface area (TPSA) is 202 Å². The van der Waals surface area contributed by atoms with E-state index in [9.17, 15) is 33.6 Å². The molecule has 314 valence electrons. The van der Waals surface area contributed by atoms with E-state index in [-0.39, 0.29) is 48.0 Å². The number of benzene rings is 2. The fraction of sp³-hybridized carbons (Fsp3) is 0.381. The number of pyridine rings is 2. The molecule has 0 saturated carbocycles. The number of amides is 6. The maximum atomic E-state index is 13.1. The standard InChI is InChI=1S/C42H46N8O10/c1-46(14-12-44-37(53)23-60-26-5-6-28-29(19-26)42(57)50(41(28)56)33-7-8-36(52)45-39(33)54)15-16-49(24-51)38-10-13-48(38)22-32-34(58-3)17-25(18-35(32)59-4)31-21-47(2)40(55)30-20-43-11-9-27(30)31/h5-6,9,11,17-21,24,33,38H,7-8,10,12-16,22-23H2,1-4H3,(H,44,53)(H,45,52,54)/t33?,38-/m0/s1. The van der Waals surface area contributed by atoms with E-state index in [2.05, 4.69) is 20.5 Å². The Balaban J connectivity index is 0.885. The molecule has 2 aromatic heterocycles. The summed E-state index contributed by atoms with van der Waals surface area (Å²) in [6.07, 6.45) is 6.61. The van der Waals surface area contributed by atoms with Crippen molar-refractivity contribution >= 4 is 46.7 Å². The second-order valence-electron chi connectivity index (χ2n) is 14.9. The smallest absolute Gasteiger partial charge is 0.262 e. The van der Waals surface area contributed by atoms with E-state index in [1.54, 1.807) is 44.8 Å². The summed E-state index contributed by atoms with van der Waals surface area (Å²) < 4.78 is 18.9. The van der Waals surface area contributed by atoms with Gasteiger partial charge in [-0.25, -0.2) is 0 Å². The Labute approximate surface area is 344 Å². The molecule has 3 aliphatic heterocycles. The van der Waals surface area contributed by atoms with Crippen molar-refractivity contribution in [2.45, 2.75) is 38.0 Å². The molecule has 60 heavy (non-hydrogen) atoms. The molecule has 2 saturated heterocycles. The fourth-order valence-electron chi connectivity index (χ4n) is 7.82. The molecule has 0 radical (unpaired) electrons. The number of piperidine rings is 1. The van der Waals surface area contributed by atoms with Gasteiger partial charge in [-0.15, -0.1) is 0 Å². The molecule has 18 heteroatoms. The van der Waals surface area contributed by atoms with Gasteiger partial charge >= 0.3 is 0 Å². The lowest BCUT2D eigenvalue weighted by Crippen LogP contribution is -2.57. The largest absolute Gasteiger partial charge is 0.496 e. The molecule has 1 unspecified atom stereocenters. The summed E-state index contributed by atoms with van der Waals surface area (Å²) in [5.41, 5.74) is 2.51. The molecule has 6 amide bonds. The summed E-state index contributed by atoms with van der Waals surface area (Å²) in [5.74, 6) is -1.41. The first-order valence-corrected chi connectivity index (χ1v) is 19.5. The van der Waals surface area contributed by atoms with Gasteiger partial charge in [-0.2, -0.15) is 0 Å². The molecule has 2 atom stereocenters. The third-order valence-electron chi connectivity index (χ3n) is 11.2. The summed E-state index contributed by atoms with van der Waals surface area (Å²) >= 11 is 0. The molecule has 0 aliphatic carbocycles. The highest BCUT2D eigenvalue weighted by molar-refractivity contribution is 6.23. The van der Waals surface area contributed by atoms with Crippen molar-refractivity contribution in [1.82, 2.24) is 39.8 Å². The van der Waals surface area contributed by atoms with Crippen LogP contribution in [0.4, 0.5) is 0 Å². The number of likely N-dealkylation sites (tertiary alicyclic amines) is 1. The summed E-state index contributed by atoms with van der Waals surface area (Å²) in [5, 5.41) is 6.24. The van der Waals surface area contributed by atoms with E-state index in [1.165, 1.54) is 22.8 Å². The van der Waals surface area contributed by atoms with Gasteiger partial charge in [0.15, 0.2) is 6.61 Å². The Kier molecular flexibility index (Phi) is 12.2. The highest BCUT2D eigenvalue weighted by Gasteiger charge is 2.44. The first-order chi connectivity index (χ1) is 28.9. The maximum Gasteiger partial charge on any atom is 0.262 e. The number of hydrogen-bond acceptors (Lipinski definition) is 13. The Morgan fingerprint density at radius 1 is 0.950 bits per heavy atom. The van der Waals surface area contributed by atoms with Gasteiger partial charge in [0.1, 0.15) is 23.3 Å². The van der Waals surface area contributed by atoms with Crippen molar-refractivity contribution in [3.05, 3.63) is 82.0 Å². The molecule has 2 fully saturated rings. The molecule has 4 aromatic rings. The van der Waals surface area contributed by atoms with Crippen LogP contribution in [-0.4, -0.2) is 138 Å². The van der Waals surface area contributed by atoms with Gasteiger partial charge in [-0.3, -0.25) is 53.7 Å². The van der Waals surface area contributed by atoms with Crippen LogP contribution in [0.1, 0.15) is 45.5 Å². The number of carbonyl (C=O) groups excluding carboxylic acids is 6. The van der Waals surface area contributed by atoms with Gasteiger partial charge in [-0.05, 0) is 67.2 Å². The van der Waals surface area contributed by atoms with Crippen molar-refractivity contribution in [2.75, 3.05) is 60.6 Å². The molecule has 2 N–H and O–H groups in total. The van der Waals surface area contributed by atoms with Crippen molar-refractivity contribution in [3.8, 4) is 28.4 Å². The molecule has 0 spiro atoms. The monoisotopic (exact) mass is 822 g/mol. The zero-order chi connectivity index (χ0) is 42.7. The minimum Gasteiger partial charge on any atom is -0.496 e. The lowest BCUT2D eigenvalue weighted by atomic mass is 9.98. The van der Waals surface area contributed by atoms with E-state index < -0.39 is 35.6 Å². The summed E-state index contributed by atoms with van der Waals surface area (Å²) in [4.78, 5) is 98.6. The highest BCUT2D eigenvalue weighted by Crippen LogP contribution is 2.39. The number of nitrogens with one attached hydrogen (secondary N) is 2. The molecule has 5 heterocycles. The maximum absolute atomic E-state index is 13.1. The number of imide groups is 2. The lowest BCUT2D eigenvalue weighted by Gasteiger charge is -2.46. The number of aromatic nitrogens is 2. The number of methoxy groups -OCH3 is 2. The Hall–Kier alpha value is -6.66. The van der Waals surface area contributed by atoms with Gasteiger partial charge in [-0.1, -0.05) is 0 Å². The number of ether oxygens (including phenoxy) is 3. The molecule has 3 aliphatic rings. The Bertz CT molecular complexity index is 2410. The zero-order valence-corrected chi connectivity index (χ0v) is 33.8. The predicted octanol–water partition coefficient (Wildman–Crippen LogP) is 1.14. The number of likely N-dealkylation sites (N-methyl/N-ethyl adjacent to an activating group) is 1. The number of carbonyl (C=O) groups is 6. The van der Waals surface area contributed by atoms with Crippen molar-refractivity contribution in [3.63, 3.8) is 0 Å². The second-order valence-corrected chi connectivity index (χ2v) is 14.9. The highest BCUT2D eigenvalue weighted by atomic mass is 16.5. The minimum atomic E-state index is -1.08. The Morgan fingerprint density at radius 2 is 1.70 bits per heavy atom. The molecule has 0 bridgehead atoms. The van der Waals surface area contributed by atoms with Gasteiger partial charge in [0.25, 0.3) is 23.3 Å². The summed E-state index contributed by atoms with van der Waals surface area (Å²) in [6.45, 7) is 2.74. The van der Waals surface area contributed by atoms with E-state index in [0.29, 0.717) is 49.6 Å². The fourth-order valence-corrected chi connectivity index (χ4v) is 7.82. The van der Waals surface area contributed by atoms with Crippen LogP contribution in [0.25, 0.3) is 21.9 Å². The van der Waals surface area contributed by atoms with Crippen LogP contribution in [0.5, 0.6) is 17.2 Å². The average Bonchev–Trinajstić information content (AvgIpc) is 3.48. The van der Waals surface area contributed by atoms with Crippen LogP contribution >= 0.6 is 0 Å². The van der Waals surface area contributed by atoms with Crippen LogP contribution in [0, 0.1) is 0 Å². The van der Waals surface area contributed by atoms with Crippen LogP contribution in [0.15, 0.2) is 59.8 Å². The molecule has 18 nitrogen and oxygen atoms in total. The van der Waals surface area contributed by atoms with Gasteiger partial charge < -0.3 is 33.9 Å². The van der Waals surface area contributed by atoms with Crippen LogP contribution < -0.4 is 30.4 Å². The van der Waals surface area contributed by atoms with Crippen LogP contribution in [-0.2, 0) is 32.8 Å². The number of hydrogen-bond donors (Lipinski definition) is 2. The van der Waals surface area contributed by atoms with Crippen molar-refractivity contribution in [2.24, 2.45) is 7.05 Å². The normalized spacial score (nSPS) is 17.6. The predicted molar refractivity (Wildman–Crippen MR) is 216 cm³/mol. The third kappa shape index (κ3) is 8.28. The SMILES string of the molecule is COc1cc(-c2cn(C)c(=O)c3cnccc23)cc(OC)c1CN1CC[C@@H]1N(C=O)CCN(C)CCNC(=O)COc1ccc2c(c1)C(=O)N(C1CCC(=O)NC1=O)C2=O. The summed E-state index contributed by atoms with van der Waals surface area (Å²) in [7, 11) is 6.80. The molecule has 7 rings (SSSR count). The second kappa shape index (κ2) is 17.7. The van der Waals surface area contributed by atoms with Gasteiger partial charge in [0.2, 0.25) is 18.2 Å². The van der Waals surface area contributed by atoms with Crippen LogP contribution in [0.2, 0.25) is 0 Å². The lowest BCUT2D eigenvalue weighted by molar-refractivity contribution is -0.136. The first-order valence-electron chi connectivity index (χ1n) is 19.5. The van der Waals surface area contributed by atoms with E-state index in [1.807, 2.05) is 30.1 Å². The zero-order valence-electron chi connectivity index (χ0n) is 33.8. The molecular formula is C42H46N8O10. The molecule has 2 aromatic carbocycles. The number of rotatable bonds is 17. The van der Waals surface area contributed by atoms with Crippen LogP contribution in [0.3, 0.4) is 0 Å². The number of aryl methyl sites for hydroxylation is 1. The van der Waals surface area contributed by atoms with Crippen molar-refractivity contribution < 1.29 is 43.0 Å².